The molecule has 1 aliphatic heterocycles. The van der Waals surface area contributed by atoms with E-state index < -0.39 is 23.3 Å². The van der Waals surface area contributed by atoms with Gasteiger partial charge >= 0.3 is 23.3 Å². The van der Waals surface area contributed by atoms with Crippen molar-refractivity contribution in [2.75, 3.05) is 13.1 Å². The van der Waals surface area contributed by atoms with E-state index in [0.29, 0.717) is 6.42 Å². The van der Waals surface area contributed by atoms with E-state index in [9.17, 15) is 21.0 Å². The van der Waals surface area contributed by atoms with Crippen LogP contribution in [0, 0.1) is 0 Å². The van der Waals surface area contributed by atoms with Crippen LogP contribution in [0.15, 0.2) is 13.5 Å². The molecule has 0 saturated carbocycles. The Morgan fingerprint density at radius 3 is 1.82 bits per heavy atom. The SMILES string of the molecule is CCCN(CC)P1(F)=NP(F)(F)=NP(F)(F)=N1. The number of hydrogen-bond acceptors (Lipinski definition) is 4. The normalized spacial score (nSPS) is 30.4. The van der Waals surface area contributed by atoms with Gasteiger partial charge in [-0.05, 0) is 6.42 Å². The molecular formula is C5H12F5N4P3. The van der Waals surface area contributed by atoms with Crippen molar-refractivity contribution < 1.29 is 21.0 Å². The van der Waals surface area contributed by atoms with Crippen molar-refractivity contribution in [3.63, 3.8) is 0 Å². The highest BCUT2D eigenvalue weighted by atomic mass is 31.3. The summed E-state index contributed by atoms with van der Waals surface area (Å²) in [6, 6.07) is 0. The molecule has 0 N–H and O–H groups in total. The van der Waals surface area contributed by atoms with Crippen LogP contribution in [0.25, 0.3) is 0 Å². The molecule has 17 heavy (non-hydrogen) atoms. The molecule has 1 heterocycles. The Kier molecular flexibility index (Phi) is 4.63. The van der Waals surface area contributed by atoms with Crippen molar-refractivity contribution in [2.45, 2.75) is 20.3 Å². The summed E-state index contributed by atoms with van der Waals surface area (Å²) in [5, 5.41) is 0. The minimum absolute atomic E-state index is 0.00508. The van der Waals surface area contributed by atoms with Gasteiger partial charge in [-0.3, -0.25) is 0 Å². The second kappa shape index (κ2) is 5.12. The number of hydrogen-bond donors (Lipinski definition) is 0. The summed E-state index contributed by atoms with van der Waals surface area (Å²) >= 11 is 0. The molecule has 0 aromatic heterocycles. The smallest absolute Gasteiger partial charge is 0.226 e. The average Bonchev–Trinajstić information content (AvgIpc) is 2.07. The van der Waals surface area contributed by atoms with Crippen LogP contribution in [-0.2, 0) is 0 Å². The highest BCUT2D eigenvalue weighted by molar-refractivity contribution is 7.78. The van der Waals surface area contributed by atoms with Gasteiger partial charge in [-0.2, -0.15) is 4.20 Å². The fraction of sp³-hybridized carbons (Fsp3) is 1.00. The van der Waals surface area contributed by atoms with Crippen molar-refractivity contribution in [1.29, 1.82) is 0 Å². The maximum Gasteiger partial charge on any atom is 0.424 e. The third-order valence-corrected chi connectivity index (χ3v) is 8.33. The molecule has 0 bridgehead atoms. The summed E-state index contributed by atoms with van der Waals surface area (Å²) in [5.41, 5.74) is 0. The standard InChI is InChI=1S/C5H12F5N4P3/c1-3-5-14(4-2)17(10)12-15(6,7)11-16(8,9)13-17/h3-5H2,1-2H3. The first kappa shape index (κ1) is 15.4. The van der Waals surface area contributed by atoms with Crippen LogP contribution in [-0.4, -0.2) is 17.8 Å². The lowest BCUT2D eigenvalue weighted by Crippen LogP contribution is -2.18. The number of nitrogens with zero attached hydrogens (tertiary/aromatic N) is 4. The van der Waals surface area contributed by atoms with Crippen LogP contribution in [0.2, 0.25) is 0 Å². The van der Waals surface area contributed by atoms with E-state index >= 15 is 0 Å². The fourth-order valence-electron chi connectivity index (χ4n) is 1.29. The maximum absolute atomic E-state index is 14.2. The first-order valence-electron chi connectivity index (χ1n) is 4.79. The monoisotopic (exact) mass is 316 g/mol. The maximum atomic E-state index is 14.2. The molecule has 102 valence electrons. The minimum Gasteiger partial charge on any atom is -0.226 e. The average molecular weight is 316 g/mol. The Bertz CT molecular complexity index is 443. The quantitative estimate of drug-likeness (QED) is 0.436. The van der Waals surface area contributed by atoms with Gasteiger partial charge in [0.1, 0.15) is 0 Å². The molecule has 1 aliphatic rings. The predicted molar refractivity (Wildman–Crippen MR) is 61.1 cm³/mol. The summed E-state index contributed by atoms with van der Waals surface area (Å²) in [7, 11) is -15.8. The molecule has 0 amide bonds. The Hall–Kier alpha value is 0.300. The largest absolute Gasteiger partial charge is 0.424 e. The van der Waals surface area contributed by atoms with Crippen molar-refractivity contribution in [1.82, 2.24) is 4.67 Å². The zero-order valence-electron chi connectivity index (χ0n) is 9.14. The summed E-state index contributed by atoms with van der Waals surface area (Å²) < 4.78 is 74.0. The summed E-state index contributed by atoms with van der Waals surface area (Å²) in [5.74, 6) is 0. The number of rotatable bonds is 4. The molecule has 0 radical (unpaired) electrons. The molecule has 12 heteroatoms. The fourth-order valence-corrected chi connectivity index (χ4v) is 7.63. The predicted octanol–water partition coefficient (Wildman–Crippen LogP) is 6.42. The minimum atomic E-state index is -5.58. The Morgan fingerprint density at radius 1 is 0.882 bits per heavy atom. The number of halogens is 5. The van der Waals surface area contributed by atoms with Crippen LogP contribution >= 0.6 is 23.3 Å². The molecule has 1 unspecified atom stereocenters. The van der Waals surface area contributed by atoms with Gasteiger partial charge < -0.3 is 0 Å². The molecular weight excluding hydrogens is 304 g/mol. The molecule has 0 aliphatic carbocycles. The second-order valence-electron chi connectivity index (χ2n) is 3.22. The summed E-state index contributed by atoms with van der Waals surface area (Å²) in [6.45, 7) is 3.24. The van der Waals surface area contributed by atoms with Gasteiger partial charge in [-0.25, -0.2) is 4.67 Å². The van der Waals surface area contributed by atoms with Crippen molar-refractivity contribution in [3.05, 3.63) is 0 Å². The van der Waals surface area contributed by atoms with Gasteiger partial charge in [-0.1, -0.05) is 13.8 Å². The highest BCUT2D eigenvalue weighted by Crippen LogP contribution is 2.82. The lowest BCUT2D eigenvalue weighted by Gasteiger charge is -2.27. The van der Waals surface area contributed by atoms with Gasteiger partial charge in [0.2, 0.25) is 0 Å². The molecule has 4 nitrogen and oxygen atoms in total. The van der Waals surface area contributed by atoms with Gasteiger partial charge in [0.15, 0.2) is 0 Å². The third-order valence-electron chi connectivity index (χ3n) is 1.86. The Labute approximate surface area is 96.6 Å². The van der Waals surface area contributed by atoms with E-state index in [1.807, 2.05) is 4.52 Å². The van der Waals surface area contributed by atoms with E-state index in [1.54, 1.807) is 6.92 Å². The van der Waals surface area contributed by atoms with Crippen LogP contribution in [0.4, 0.5) is 21.0 Å². The van der Waals surface area contributed by atoms with Crippen LogP contribution in [0.3, 0.4) is 0 Å². The molecule has 0 saturated heterocycles. The van der Waals surface area contributed by atoms with Gasteiger partial charge in [0.25, 0.3) is 0 Å². The zero-order chi connectivity index (χ0) is 13.3. The Balaban J connectivity index is 3.34. The van der Waals surface area contributed by atoms with Gasteiger partial charge in [0.05, 0.1) is 0 Å². The van der Waals surface area contributed by atoms with Crippen molar-refractivity contribution in [3.8, 4) is 0 Å². The summed E-state index contributed by atoms with van der Waals surface area (Å²) in [4.78, 5) is 0. The van der Waals surface area contributed by atoms with Crippen LogP contribution in [0.1, 0.15) is 20.3 Å². The van der Waals surface area contributed by atoms with Crippen LogP contribution < -0.4 is 0 Å². The molecule has 0 aromatic rings. The molecule has 0 aromatic carbocycles. The molecule has 1 rings (SSSR count). The van der Waals surface area contributed by atoms with Crippen molar-refractivity contribution in [2.24, 2.45) is 13.5 Å². The zero-order valence-corrected chi connectivity index (χ0v) is 11.8. The van der Waals surface area contributed by atoms with E-state index in [4.69, 9.17) is 0 Å². The Morgan fingerprint density at radius 2 is 1.41 bits per heavy atom. The summed E-state index contributed by atoms with van der Waals surface area (Å²) in [6.07, 6.45) is 0.440. The van der Waals surface area contributed by atoms with E-state index in [2.05, 4.69) is 9.03 Å². The first-order chi connectivity index (χ1) is 7.64. The van der Waals surface area contributed by atoms with E-state index in [1.165, 1.54) is 6.92 Å². The lowest BCUT2D eigenvalue weighted by atomic mass is 10.5. The highest BCUT2D eigenvalue weighted by Gasteiger charge is 2.41. The molecule has 0 fully saturated rings. The second-order valence-corrected chi connectivity index (χ2v) is 8.75. The van der Waals surface area contributed by atoms with Gasteiger partial charge in [-0.15, -0.1) is 30.3 Å². The first-order valence-corrected chi connectivity index (χ1v) is 9.28. The lowest BCUT2D eigenvalue weighted by molar-refractivity contribution is 0.448. The van der Waals surface area contributed by atoms with E-state index in [0.717, 1.165) is 4.67 Å². The molecule has 1 atom stereocenters. The van der Waals surface area contributed by atoms with Gasteiger partial charge in [0, 0.05) is 13.1 Å². The van der Waals surface area contributed by atoms with E-state index in [-0.39, 0.29) is 13.1 Å². The van der Waals surface area contributed by atoms with Crippen LogP contribution in [0.5, 0.6) is 0 Å². The topological polar surface area (TPSA) is 40.3 Å². The molecule has 0 spiro atoms. The third kappa shape index (κ3) is 3.88. The van der Waals surface area contributed by atoms with Crippen molar-refractivity contribution >= 4 is 23.3 Å².